The molecule has 30 heavy (non-hydrogen) atoms. The number of hydrogen-bond donors (Lipinski definition) is 1. The van der Waals surface area contributed by atoms with E-state index in [0.717, 1.165) is 22.0 Å². The predicted molar refractivity (Wildman–Crippen MR) is 120 cm³/mol. The van der Waals surface area contributed by atoms with E-state index in [9.17, 15) is 4.79 Å². The molecule has 0 saturated heterocycles. The molecule has 0 radical (unpaired) electrons. The van der Waals surface area contributed by atoms with Gasteiger partial charge in [-0.15, -0.1) is 11.3 Å². The molecule has 6 nitrogen and oxygen atoms in total. The lowest BCUT2D eigenvalue weighted by molar-refractivity contribution is -0.115. The number of nitrogens with one attached hydrogen (secondary N) is 1. The van der Waals surface area contributed by atoms with Gasteiger partial charge >= 0.3 is 0 Å². The Morgan fingerprint density at radius 1 is 0.933 bits per heavy atom. The highest BCUT2D eigenvalue weighted by molar-refractivity contribution is 7.13. The van der Waals surface area contributed by atoms with E-state index < -0.39 is 0 Å². The number of thiazole rings is 1. The van der Waals surface area contributed by atoms with Crippen LogP contribution in [0.25, 0.3) is 10.6 Å². The van der Waals surface area contributed by atoms with Gasteiger partial charge < -0.3 is 19.5 Å². The third-order valence-electron chi connectivity index (χ3n) is 4.14. The minimum Gasteiger partial charge on any atom is -0.494 e. The van der Waals surface area contributed by atoms with Gasteiger partial charge in [-0.1, -0.05) is 0 Å². The van der Waals surface area contributed by atoms with E-state index in [1.54, 1.807) is 12.1 Å². The second kappa shape index (κ2) is 10.6. The largest absolute Gasteiger partial charge is 0.494 e. The summed E-state index contributed by atoms with van der Waals surface area (Å²) in [7, 11) is 0. The maximum Gasteiger partial charge on any atom is 0.230 e. The summed E-state index contributed by atoms with van der Waals surface area (Å²) < 4.78 is 16.6. The molecule has 1 N–H and O–H groups in total. The van der Waals surface area contributed by atoms with Crippen LogP contribution in [0, 0.1) is 0 Å². The van der Waals surface area contributed by atoms with Crippen LogP contribution in [0.3, 0.4) is 0 Å². The maximum absolute atomic E-state index is 12.6. The van der Waals surface area contributed by atoms with Crippen LogP contribution >= 0.6 is 11.3 Å². The molecule has 0 unspecified atom stereocenters. The Labute approximate surface area is 180 Å². The summed E-state index contributed by atoms with van der Waals surface area (Å²) in [6, 6.07) is 13.2. The highest BCUT2D eigenvalue weighted by Crippen LogP contribution is 2.30. The molecular formula is C23H26N2O4S. The molecule has 0 saturated carbocycles. The van der Waals surface area contributed by atoms with Crippen molar-refractivity contribution in [2.75, 3.05) is 25.1 Å². The molecule has 0 atom stereocenters. The van der Waals surface area contributed by atoms with Crippen LogP contribution in [0.5, 0.6) is 17.2 Å². The normalized spacial score (nSPS) is 10.5. The van der Waals surface area contributed by atoms with Gasteiger partial charge in [0.25, 0.3) is 0 Å². The van der Waals surface area contributed by atoms with Crippen molar-refractivity contribution in [3.05, 3.63) is 53.5 Å². The fraction of sp³-hybridized carbons (Fsp3) is 0.304. The number of anilines is 1. The summed E-state index contributed by atoms with van der Waals surface area (Å²) in [6.07, 6.45) is 0.179. The van der Waals surface area contributed by atoms with Gasteiger partial charge in [0.15, 0.2) is 0 Å². The molecular weight excluding hydrogens is 400 g/mol. The summed E-state index contributed by atoms with van der Waals surface area (Å²) in [5, 5.41) is 5.70. The van der Waals surface area contributed by atoms with E-state index in [4.69, 9.17) is 14.2 Å². The molecule has 0 fully saturated rings. The Balaban J connectivity index is 1.67. The van der Waals surface area contributed by atoms with Gasteiger partial charge in [0.2, 0.25) is 5.91 Å². The average Bonchev–Trinajstić information content (AvgIpc) is 3.19. The zero-order valence-corrected chi connectivity index (χ0v) is 18.3. The van der Waals surface area contributed by atoms with Crippen molar-refractivity contribution in [2.45, 2.75) is 27.2 Å². The van der Waals surface area contributed by atoms with Crippen LogP contribution < -0.4 is 19.5 Å². The monoisotopic (exact) mass is 426 g/mol. The number of ether oxygens (including phenoxy) is 3. The molecule has 1 aromatic heterocycles. The van der Waals surface area contributed by atoms with Crippen molar-refractivity contribution < 1.29 is 19.0 Å². The van der Waals surface area contributed by atoms with Crippen molar-refractivity contribution in [3.63, 3.8) is 0 Å². The van der Waals surface area contributed by atoms with Crippen molar-refractivity contribution in [3.8, 4) is 27.8 Å². The van der Waals surface area contributed by atoms with Crippen LogP contribution in [0.1, 0.15) is 26.5 Å². The first-order valence-electron chi connectivity index (χ1n) is 10.00. The second-order valence-electron chi connectivity index (χ2n) is 6.35. The van der Waals surface area contributed by atoms with E-state index in [1.165, 1.54) is 11.3 Å². The Kier molecular flexibility index (Phi) is 7.68. The lowest BCUT2D eigenvalue weighted by Crippen LogP contribution is -2.15. The lowest BCUT2D eigenvalue weighted by atomic mass is 10.2. The number of carbonyl (C=O) groups is 1. The molecule has 0 spiro atoms. The first-order valence-corrected chi connectivity index (χ1v) is 10.9. The fourth-order valence-corrected chi connectivity index (χ4v) is 3.71. The van der Waals surface area contributed by atoms with Crippen molar-refractivity contribution in [2.24, 2.45) is 0 Å². The van der Waals surface area contributed by atoms with Crippen LogP contribution in [-0.4, -0.2) is 30.7 Å². The quantitative estimate of drug-likeness (QED) is 0.483. The van der Waals surface area contributed by atoms with Crippen molar-refractivity contribution in [1.82, 2.24) is 4.98 Å². The van der Waals surface area contributed by atoms with Gasteiger partial charge in [0, 0.05) is 17.0 Å². The third-order valence-corrected chi connectivity index (χ3v) is 5.08. The number of aromatic nitrogens is 1. The SMILES string of the molecule is CCOc1ccc(-c2nc(CC(=O)Nc3cc(OCC)ccc3OCC)cs2)cc1. The van der Waals surface area contributed by atoms with Gasteiger partial charge in [-0.3, -0.25) is 4.79 Å². The first-order chi connectivity index (χ1) is 14.6. The Bertz CT molecular complexity index is 970. The Morgan fingerprint density at radius 3 is 2.30 bits per heavy atom. The number of amides is 1. The second-order valence-corrected chi connectivity index (χ2v) is 7.21. The first kappa shape index (κ1) is 21.6. The number of rotatable bonds is 10. The summed E-state index contributed by atoms with van der Waals surface area (Å²) >= 11 is 1.51. The minimum absolute atomic E-state index is 0.159. The number of benzene rings is 2. The topological polar surface area (TPSA) is 69.7 Å². The van der Waals surface area contributed by atoms with Gasteiger partial charge in [-0.2, -0.15) is 0 Å². The van der Waals surface area contributed by atoms with Crippen molar-refractivity contribution >= 4 is 22.9 Å². The summed E-state index contributed by atoms with van der Waals surface area (Å²) in [5.74, 6) is 1.97. The van der Waals surface area contributed by atoms with Crippen LogP contribution in [0.4, 0.5) is 5.69 Å². The molecule has 0 aliphatic heterocycles. The van der Waals surface area contributed by atoms with E-state index in [1.807, 2.05) is 56.5 Å². The maximum atomic E-state index is 12.6. The highest BCUT2D eigenvalue weighted by Gasteiger charge is 2.13. The lowest BCUT2D eigenvalue weighted by Gasteiger charge is -2.13. The van der Waals surface area contributed by atoms with Gasteiger partial charge in [0.1, 0.15) is 22.3 Å². The van der Waals surface area contributed by atoms with Gasteiger partial charge in [0.05, 0.1) is 37.6 Å². The molecule has 3 rings (SSSR count). The van der Waals surface area contributed by atoms with E-state index in [0.29, 0.717) is 37.0 Å². The van der Waals surface area contributed by atoms with Gasteiger partial charge in [-0.25, -0.2) is 4.98 Å². The highest BCUT2D eigenvalue weighted by atomic mass is 32.1. The average molecular weight is 427 g/mol. The van der Waals surface area contributed by atoms with E-state index in [-0.39, 0.29) is 12.3 Å². The third kappa shape index (κ3) is 5.73. The molecule has 1 amide bonds. The Hall–Kier alpha value is -3.06. The number of hydrogen-bond acceptors (Lipinski definition) is 6. The molecule has 0 bridgehead atoms. The van der Waals surface area contributed by atoms with E-state index >= 15 is 0 Å². The summed E-state index contributed by atoms with van der Waals surface area (Å²) in [5.41, 5.74) is 2.31. The molecule has 158 valence electrons. The van der Waals surface area contributed by atoms with Crippen LogP contribution in [0.2, 0.25) is 0 Å². The predicted octanol–water partition coefficient (Wildman–Crippen LogP) is 5.19. The number of nitrogens with zero attached hydrogens (tertiary/aromatic N) is 1. The summed E-state index contributed by atoms with van der Waals surface area (Å²) in [4.78, 5) is 17.2. The molecule has 2 aromatic carbocycles. The van der Waals surface area contributed by atoms with E-state index in [2.05, 4.69) is 10.3 Å². The van der Waals surface area contributed by atoms with Gasteiger partial charge in [-0.05, 0) is 57.2 Å². The smallest absolute Gasteiger partial charge is 0.230 e. The van der Waals surface area contributed by atoms with Crippen molar-refractivity contribution in [1.29, 1.82) is 0 Å². The van der Waals surface area contributed by atoms with Crippen LogP contribution in [0.15, 0.2) is 47.8 Å². The fourth-order valence-electron chi connectivity index (χ4n) is 2.88. The number of carbonyl (C=O) groups excluding carboxylic acids is 1. The molecule has 0 aliphatic rings. The molecule has 3 aromatic rings. The molecule has 0 aliphatic carbocycles. The zero-order chi connectivity index (χ0) is 21.3. The Morgan fingerprint density at radius 2 is 1.60 bits per heavy atom. The minimum atomic E-state index is -0.159. The molecule has 7 heteroatoms. The zero-order valence-electron chi connectivity index (χ0n) is 17.4. The standard InChI is InChI=1S/C23H26N2O4S/c1-4-27-18-9-7-16(8-10-18)23-24-17(15-30-23)13-22(26)25-20-14-19(28-5-2)11-12-21(20)29-6-3/h7-12,14-15H,4-6,13H2,1-3H3,(H,25,26). The summed E-state index contributed by atoms with van der Waals surface area (Å²) in [6.45, 7) is 7.46. The van der Waals surface area contributed by atoms with Crippen LogP contribution in [-0.2, 0) is 11.2 Å². The molecule has 1 heterocycles.